The lowest BCUT2D eigenvalue weighted by atomic mass is 9.84. The first kappa shape index (κ1) is 20.0. The molecule has 24 heavy (non-hydrogen) atoms. The van der Waals surface area contributed by atoms with Crippen LogP contribution in [0.15, 0.2) is 0 Å². The van der Waals surface area contributed by atoms with E-state index in [9.17, 15) is 19.2 Å². The number of ether oxygens (including phenoxy) is 5. The quantitative estimate of drug-likeness (QED) is 0.361. The van der Waals surface area contributed by atoms with Crippen molar-refractivity contribution < 1.29 is 42.9 Å². The monoisotopic (exact) mass is 342 g/mol. The molecular weight excluding hydrogens is 323 g/mol. The SMILES string of the molecule is [B][C@H]1OC(COC(C)=O)C(OC(C)=O)C(OC(C)=O)C1OC(C)=O. The molecule has 1 saturated heterocycles. The van der Waals surface area contributed by atoms with E-state index in [1.807, 2.05) is 0 Å². The van der Waals surface area contributed by atoms with Crippen LogP contribution >= 0.6 is 0 Å². The Kier molecular flexibility index (Phi) is 7.21. The fraction of sp³-hybridized carbons (Fsp3) is 0.714. The van der Waals surface area contributed by atoms with Gasteiger partial charge in [0.15, 0.2) is 18.3 Å². The van der Waals surface area contributed by atoms with Gasteiger partial charge in [0.05, 0.1) is 6.00 Å². The average molecular weight is 342 g/mol. The van der Waals surface area contributed by atoms with Gasteiger partial charge >= 0.3 is 23.9 Å². The number of carbonyl (C=O) groups excluding carboxylic acids is 4. The van der Waals surface area contributed by atoms with E-state index < -0.39 is 54.3 Å². The van der Waals surface area contributed by atoms with Gasteiger partial charge in [0.1, 0.15) is 20.6 Å². The lowest BCUT2D eigenvalue weighted by Gasteiger charge is -2.43. The minimum Gasteiger partial charge on any atom is -0.463 e. The Bertz CT molecular complexity index is 506. The van der Waals surface area contributed by atoms with Crippen LogP contribution in [0.25, 0.3) is 0 Å². The maximum atomic E-state index is 11.4. The molecular formula is C14H19BO9. The van der Waals surface area contributed by atoms with Gasteiger partial charge in [0.2, 0.25) is 0 Å². The van der Waals surface area contributed by atoms with Crippen molar-refractivity contribution in [2.24, 2.45) is 0 Å². The third-order valence-corrected chi connectivity index (χ3v) is 3.03. The standard InChI is InChI=1S/C14H19BO9/c1-6(16)20-5-10-11(21-7(2)17)12(22-8(3)18)13(14(15)24-10)23-9(4)19/h10-14H,5H2,1-4H3/t10?,11?,12?,13?,14-/m0/s1. The number of hydrogen-bond donors (Lipinski definition) is 0. The van der Waals surface area contributed by atoms with Gasteiger partial charge < -0.3 is 23.7 Å². The molecule has 1 heterocycles. The predicted octanol–water partition coefficient (Wildman–Crippen LogP) is -0.762. The Morgan fingerprint density at radius 2 is 1.25 bits per heavy atom. The molecule has 2 radical (unpaired) electrons. The molecule has 0 amide bonds. The first-order valence-corrected chi connectivity index (χ1v) is 7.18. The normalized spacial score (nSPS) is 29.2. The molecule has 0 aliphatic carbocycles. The Hall–Kier alpha value is -2.10. The van der Waals surface area contributed by atoms with Gasteiger partial charge in [-0.05, 0) is 0 Å². The molecule has 0 aromatic heterocycles. The van der Waals surface area contributed by atoms with E-state index in [0.29, 0.717) is 0 Å². The smallest absolute Gasteiger partial charge is 0.303 e. The molecule has 5 atom stereocenters. The Morgan fingerprint density at radius 3 is 1.71 bits per heavy atom. The molecule has 10 heteroatoms. The van der Waals surface area contributed by atoms with E-state index in [2.05, 4.69) is 0 Å². The summed E-state index contributed by atoms with van der Waals surface area (Å²) in [4.78, 5) is 45.0. The second-order valence-electron chi connectivity index (χ2n) is 5.16. The zero-order valence-electron chi connectivity index (χ0n) is 13.8. The van der Waals surface area contributed by atoms with E-state index in [0.717, 1.165) is 20.8 Å². The molecule has 0 aromatic rings. The number of rotatable bonds is 5. The lowest BCUT2D eigenvalue weighted by molar-refractivity contribution is -0.239. The predicted molar refractivity (Wildman–Crippen MR) is 77.7 cm³/mol. The largest absolute Gasteiger partial charge is 0.463 e. The van der Waals surface area contributed by atoms with Crippen molar-refractivity contribution >= 4 is 31.7 Å². The van der Waals surface area contributed by atoms with E-state index in [4.69, 9.17) is 31.5 Å². The van der Waals surface area contributed by atoms with Crippen LogP contribution in [-0.4, -0.2) is 68.7 Å². The minimum absolute atomic E-state index is 0.286. The second-order valence-corrected chi connectivity index (χ2v) is 5.16. The van der Waals surface area contributed by atoms with Crippen LogP contribution in [0, 0.1) is 0 Å². The van der Waals surface area contributed by atoms with Gasteiger partial charge in [-0.15, -0.1) is 0 Å². The molecule has 132 valence electrons. The van der Waals surface area contributed by atoms with E-state index >= 15 is 0 Å². The number of carbonyl (C=O) groups is 4. The number of esters is 4. The van der Waals surface area contributed by atoms with Gasteiger partial charge in [-0.1, -0.05) is 0 Å². The third kappa shape index (κ3) is 5.84. The molecule has 4 unspecified atom stereocenters. The average Bonchev–Trinajstić information content (AvgIpc) is 2.42. The Morgan fingerprint density at radius 1 is 0.792 bits per heavy atom. The summed E-state index contributed by atoms with van der Waals surface area (Å²) >= 11 is 0. The van der Waals surface area contributed by atoms with Crippen LogP contribution in [0.3, 0.4) is 0 Å². The van der Waals surface area contributed by atoms with Gasteiger partial charge in [0, 0.05) is 27.7 Å². The fourth-order valence-corrected chi connectivity index (χ4v) is 2.26. The highest BCUT2D eigenvalue weighted by molar-refractivity contribution is 6.11. The van der Waals surface area contributed by atoms with Crippen molar-refractivity contribution in [1.82, 2.24) is 0 Å². The van der Waals surface area contributed by atoms with Gasteiger partial charge in [-0.25, -0.2) is 0 Å². The molecule has 1 aliphatic heterocycles. The molecule has 1 fully saturated rings. The van der Waals surface area contributed by atoms with Crippen molar-refractivity contribution in [1.29, 1.82) is 0 Å². The van der Waals surface area contributed by atoms with Crippen molar-refractivity contribution in [2.75, 3.05) is 6.61 Å². The molecule has 0 bridgehead atoms. The molecule has 0 aromatic carbocycles. The first-order chi connectivity index (χ1) is 11.1. The van der Waals surface area contributed by atoms with Gasteiger partial charge in [-0.3, -0.25) is 19.2 Å². The van der Waals surface area contributed by atoms with Crippen LogP contribution in [0.4, 0.5) is 0 Å². The summed E-state index contributed by atoms with van der Waals surface area (Å²) in [6, 6.07) is -1.18. The van der Waals surface area contributed by atoms with Crippen molar-refractivity contribution in [3.8, 4) is 0 Å². The molecule has 0 N–H and O–H groups in total. The molecule has 1 rings (SSSR count). The highest BCUT2D eigenvalue weighted by Gasteiger charge is 2.50. The molecule has 1 aliphatic rings. The lowest BCUT2D eigenvalue weighted by Crippen LogP contribution is -2.62. The van der Waals surface area contributed by atoms with Crippen LogP contribution in [0.2, 0.25) is 0 Å². The van der Waals surface area contributed by atoms with Crippen molar-refractivity contribution in [2.45, 2.75) is 58.1 Å². The molecule has 0 saturated carbocycles. The van der Waals surface area contributed by atoms with Crippen LogP contribution in [0.1, 0.15) is 27.7 Å². The van der Waals surface area contributed by atoms with Gasteiger partial charge in [-0.2, -0.15) is 0 Å². The van der Waals surface area contributed by atoms with Crippen LogP contribution in [-0.2, 0) is 42.9 Å². The van der Waals surface area contributed by atoms with E-state index in [1.54, 1.807) is 0 Å². The molecule has 9 nitrogen and oxygen atoms in total. The zero-order chi connectivity index (χ0) is 18.4. The molecule has 0 spiro atoms. The first-order valence-electron chi connectivity index (χ1n) is 7.18. The summed E-state index contributed by atoms with van der Waals surface area (Å²) in [5.74, 6) is -2.66. The Balaban J connectivity index is 3.11. The summed E-state index contributed by atoms with van der Waals surface area (Å²) in [7, 11) is 5.81. The fourth-order valence-electron chi connectivity index (χ4n) is 2.26. The van der Waals surface area contributed by atoms with Crippen molar-refractivity contribution in [3.63, 3.8) is 0 Å². The van der Waals surface area contributed by atoms with E-state index in [-0.39, 0.29) is 6.61 Å². The highest BCUT2D eigenvalue weighted by Crippen LogP contribution is 2.27. The maximum absolute atomic E-state index is 11.4. The van der Waals surface area contributed by atoms with Crippen molar-refractivity contribution in [3.05, 3.63) is 0 Å². The zero-order valence-corrected chi connectivity index (χ0v) is 13.8. The number of hydrogen-bond acceptors (Lipinski definition) is 9. The summed E-state index contributed by atoms with van der Waals surface area (Å²) < 4.78 is 25.6. The third-order valence-electron chi connectivity index (χ3n) is 3.03. The summed E-state index contributed by atoms with van der Waals surface area (Å²) in [5.41, 5.74) is 0. The summed E-state index contributed by atoms with van der Waals surface area (Å²) in [5, 5.41) is 0. The Labute approximate surface area is 140 Å². The topological polar surface area (TPSA) is 114 Å². The minimum atomic E-state index is -1.21. The van der Waals surface area contributed by atoms with Gasteiger partial charge in [0.25, 0.3) is 0 Å². The highest BCUT2D eigenvalue weighted by atomic mass is 16.7. The maximum Gasteiger partial charge on any atom is 0.303 e. The summed E-state index contributed by atoms with van der Waals surface area (Å²) in [6.07, 6.45) is -4.57. The second kappa shape index (κ2) is 8.67. The van der Waals surface area contributed by atoms with Crippen LogP contribution in [0.5, 0.6) is 0 Å². The van der Waals surface area contributed by atoms with Crippen LogP contribution < -0.4 is 0 Å². The van der Waals surface area contributed by atoms with E-state index in [1.165, 1.54) is 6.92 Å². The summed E-state index contributed by atoms with van der Waals surface area (Å²) in [6.45, 7) is 4.32.